The fourth-order valence-electron chi connectivity index (χ4n) is 2.18. The highest BCUT2D eigenvalue weighted by Gasteiger charge is 2.22. The van der Waals surface area contributed by atoms with Crippen LogP contribution in [0, 0.1) is 13.8 Å². The average molecular weight is 362 g/mol. The minimum Gasteiger partial charge on any atom is -0.493 e. The number of rotatable bonds is 8. The van der Waals surface area contributed by atoms with Gasteiger partial charge in [0, 0.05) is 6.07 Å². The summed E-state index contributed by atoms with van der Waals surface area (Å²) < 4.78 is 20.7. The van der Waals surface area contributed by atoms with Crippen LogP contribution in [0.2, 0.25) is 0 Å². The fourth-order valence-corrected chi connectivity index (χ4v) is 2.18. The summed E-state index contributed by atoms with van der Waals surface area (Å²) in [7, 11) is 1.52. The third-order valence-corrected chi connectivity index (χ3v) is 3.48. The molecule has 0 fully saturated rings. The Labute approximate surface area is 151 Å². The Kier molecular flexibility index (Phi) is 6.60. The Bertz CT molecular complexity index is 771. The van der Waals surface area contributed by atoms with Gasteiger partial charge in [-0.15, -0.1) is 0 Å². The van der Waals surface area contributed by atoms with Crippen molar-refractivity contribution in [2.24, 2.45) is 0 Å². The molecule has 1 unspecified atom stereocenters. The number of nitrogens with zero attached hydrogens (tertiary/aromatic N) is 1. The Balaban J connectivity index is 1.89. The van der Waals surface area contributed by atoms with E-state index < -0.39 is 18.0 Å². The molecule has 2 aromatic rings. The normalized spacial score (nSPS) is 11.5. The van der Waals surface area contributed by atoms with Crippen LogP contribution in [0.1, 0.15) is 24.7 Å². The number of esters is 1. The standard InChI is InChI=1S/C18H22N2O6/c1-5-13(18(22)19-16-9-12(3)26-20-16)25-17(21)10-24-14-7-6-11(2)8-15(14)23-4/h6-9,13H,5,10H2,1-4H3,(H,19,20,22). The molecule has 26 heavy (non-hydrogen) atoms. The topological polar surface area (TPSA) is 99.9 Å². The van der Waals surface area contributed by atoms with E-state index in [0.29, 0.717) is 23.7 Å². The van der Waals surface area contributed by atoms with Crippen LogP contribution < -0.4 is 14.8 Å². The molecule has 8 heteroatoms. The molecule has 0 saturated heterocycles. The number of hydrogen-bond acceptors (Lipinski definition) is 7. The molecule has 0 aliphatic rings. The zero-order chi connectivity index (χ0) is 19.1. The van der Waals surface area contributed by atoms with Crippen molar-refractivity contribution < 1.29 is 28.3 Å². The number of amides is 1. The van der Waals surface area contributed by atoms with Crippen LogP contribution in [-0.2, 0) is 14.3 Å². The fraction of sp³-hybridized carbons (Fsp3) is 0.389. The van der Waals surface area contributed by atoms with Gasteiger partial charge in [-0.05, 0) is 38.0 Å². The van der Waals surface area contributed by atoms with Crippen LogP contribution in [0.5, 0.6) is 11.5 Å². The van der Waals surface area contributed by atoms with Crippen LogP contribution in [0.25, 0.3) is 0 Å². The van der Waals surface area contributed by atoms with Gasteiger partial charge in [-0.25, -0.2) is 4.79 Å². The number of nitrogens with one attached hydrogen (secondary N) is 1. The summed E-state index contributed by atoms with van der Waals surface area (Å²) in [5.74, 6) is 0.621. The summed E-state index contributed by atoms with van der Waals surface area (Å²) in [5.41, 5.74) is 1.00. The predicted molar refractivity (Wildman–Crippen MR) is 93.3 cm³/mol. The quantitative estimate of drug-likeness (QED) is 0.721. The number of benzene rings is 1. The number of carbonyl (C=O) groups excluding carboxylic acids is 2. The van der Waals surface area contributed by atoms with E-state index in [1.165, 1.54) is 7.11 Å². The summed E-state index contributed by atoms with van der Waals surface area (Å²) in [4.78, 5) is 24.2. The lowest BCUT2D eigenvalue weighted by Gasteiger charge is -2.16. The maximum Gasteiger partial charge on any atom is 0.344 e. The van der Waals surface area contributed by atoms with Gasteiger partial charge >= 0.3 is 5.97 Å². The van der Waals surface area contributed by atoms with Crippen LogP contribution in [0.4, 0.5) is 5.82 Å². The summed E-state index contributed by atoms with van der Waals surface area (Å²) in [6.07, 6.45) is -0.648. The lowest BCUT2D eigenvalue weighted by atomic mass is 10.2. The van der Waals surface area contributed by atoms with Crippen molar-refractivity contribution in [3.8, 4) is 11.5 Å². The van der Waals surface area contributed by atoms with Gasteiger partial charge in [0.25, 0.3) is 5.91 Å². The molecule has 8 nitrogen and oxygen atoms in total. The number of hydrogen-bond donors (Lipinski definition) is 1. The van der Waals surface area contributed by atoms with Crippen LogP contribution in [0.15, 0.2) is 28.8 Å². The van der Waals surface area contributed by atoms with Gasteiger partial charge in [-0.3, -0.25) is 4.79 Å². The Morgan fingerprint density at radius 2 is 2.00 bits per heavy atom. The van der Waals surface area contributed by atoms with E-state index in [9.17, 15) is 9.59 Å². The van der Waals surface area contributed by atoms with Crippen LogP contribution >= 0.6 is 0 Å². The van der Waals surface area contributed by atoms with Gasteiger partial charge in [0.15, 0.2) is 30.0 Å². The summed E-state index contributed by atoms with van der Waals surface area (Å²) in [6.45, 7) is 5.01. The molecule has 140 valence electrons. The highest BCUT2D eigenvalue weighted by atomic mass is 16.6. The molecular weight excluding hydrogens is 340 g/mol. The van der Waals surface area contributed by atoms with Gasteiger partial charge < -0.3 is 24.1 Å². The first kappa shape index (κ1) is 19.3. The zero-order valence-electron chi connectivity index (χ0n) is 15.2. The van der Waals surface area contributed by atoms with Gasteiger partial charge in [0.1, 0.15) is 5.76 Å². The van der Waals surface area contributed by atoms with Crippen molar-refractivity contribution >= 4 is 17.7 Å². The number of aromatic nitrogens is 1. The van der Waals surface area contributed by atoms with Gasteiger partial charge in [0.05, 0.1) is 7.11 Å². The van der Waals surface area contributed by atoms with Crippen LogP contribution in [-0.4, -0.2) is 36.9 Å². The third-order valence-electron chi connectivity index (χ3n) is 3.48. The predicted octanol–water partition coefficient (Wildman–Crippen LogP) is 2.64. The van der Waals surface area contributed by atoms with E-state index in [-0.39, 0.29) is 12.4 Å². The van der Waals surface area contributed by atoms with Crippen molar-refractivity contribution in [2.75, 3.05) is 19.0 Å². The molecule has 0 radical (unpaired) electrons. The van der Waals surface area contributed by atoms with E-state index >= 15 is 0 Å². The number of methoxy groups -OCH3 is 1. The third kappa shape index (κ3) is 5.23. The lowest BCUT2D eigenvalue weighted by molar-refractivity contribution is -0.156. The first-order chi connectivity index (χ1) is 12.4. The lowest BCUT2D eigenvalue weighted by Crippen LogP contribution is -2.33. The van der Waals surface area contributed by atoms with Gasteiger partial charge in [-0.1, -0.05) is 18.1 Å². The molecule has 2 rings (SSSR count). The molecule has 1 aromatic heterocycles. The summed E-state index contributed by atoms with van der Waals surface area (Å²) >= 11 is 0. The van der Waals surface area contributed by atoms with E-state index in [1.54, 1.807) is 32.0 Å². The molecule has 1 amide bonds. The monoisotopic (exact) mass is 362 g/mol. The number of ether oxygens (including phenoxy) is 3. The van der Waals surface area contributed by atoms with E-state index in [2.05, 4.69) is 10.5 Å². The Morgan fingerprint density at radius 1 is 1.23 bits per heavy atom. The number of carbonyl (C=O) groups is 2. The van der Waals surface area contributed by atoms with Crippen molar-refractivity contribution in [3.05, 3.63) is 35.6 Å². The first-order valence-corrected chi connectivity index (χ1v) is 8.14. The maximum absolute atomic E-state index is 12.2. The van der Waals surface area contributed by atoms with Crippen molar-refractivity contribution in [1.29, 1.82) is 0 Å². The highest BCUT2D eigenvalue weighted by Crippen LogP contribution is 2.27. The van der Waals surface area contributed by atoms with E-state index in [0.717, 1.165) is 5.56 Å². The molecule has 1 atom stereocenters. The average Bonchev–Trinajstić information content (AvgIpc) is 3.02. The molecule has 0 bridgehead atoms. The van der Waals surface area contributed by atoms with Crippen molar-refractivity contribution in [3.63, 3.8) is 0 Å². The second-order valence-electron chi connectivity index (χ2n) is 5.64. The second-order valence-corrected chi connectivity index (χ2v) is 5.64. The Morgan fingerprint density at radius 3 is 2.62 bits per heavy atom. The summed E-state index contributed by atoms with van der Waals surface area (Å²) in [6, 6.07) is 6.91. The molecule has 0 aliphatic heterocycles. The first-order valence-electron chi connectivity index (χ1n) is 8.14. The maximum atomic E-state index is 12.2. The van der Waals surface area contributed by atoms with Crippen molar-refractivity contribution in [2.45, 2.75) is 33.3 Å². The number of anilines is 1. The molecular formula is C18H22N2O6. The van der Waals surface area contributed by atoms with Gasteiger partial charge in [-0.2, -0.15) is 0 Å². The minimum atomic E-state index is -0.956. The van der Waals surface area contributed by atoms with Gasteiger partial charge in [0.2, 0.25) is 0 Å². The Hall–Kier alpha value is -3.03. The highest BCUT2D eigenvalue weighted by molar-refractivity contribution is 5.94. The van der Waals surface area contributed by atoms with Crippen molar-refractivity contribution in [1.82, 2.24) is 5.16 Å². The summed E-state index contributed by atoms with van der Waals surface area (Å²) in [5, 5.41) is 6.20. The second kappa shape index (κ2) is 8.89. The molecule has 0 aliphatic carbocycles. The molecule has 0 saturated carbocycles. The molecule has 1 aromatic carbocycles. The van der Waals surface area contributed by atoms with Crippen LogP contribution in [0.3, 0.4) is 0 Å². The number of aryl methyl sites for hydroxylation is 2. The molecule has 0 spiro atoms. The molecule has 1 heterocycles. The molecule has 1 N–H and O–H groups in total. The van der Waals surface area contributed by atoms with E-state index in [4.69, 9.17) is 18.7 Å². The zero-order valence-corrected chi connectivity index (χ0v) is 15.2. The largest absolute Gasteiger partial charge is 0.493 e. The minimum absolute atomic E-state index is 0.266. The SMILES string of the molecule is CCC(OC(=O)COc1ccc(C)cc1OC)C(=O)Nc1cc(C)on1. The van der Waals surface area contributed by atoms with E-state index in [1.807, 2.05) is 13.0 Å². The smallest absolute Gasteiger partial charge is 0.344 e.